The van der Waals surface area contributed by atoms with Crippen LogP contribution in [0.25, 0.3) is 11.3 Å². The average Bonchev–Trinajstić information content (AvgIpc) is 2.64. The van der Waals surface area contributed by atoms with Gasteiger partial charge in [-0.05, 0) is 24.3 Å². The van der Waals surface area contributed by atoms with E-state index >= 15 is 0 Å². The van der Waals surface area contributed by atoms with Crippen molar-refractivity contribution in [3.05, 3.63) is 40.3 Å². The Labute approximate surface area is 95.6 Å². The quantitative estimate of drug-likeness (QED) is 0.598. The first-order chi connectivity index (χ1) is 7.19. The summed E-state index contributed by atoms with van der Waals surface area (Å²) < 4.78 is 5.22. The number of rotatable bonds is 2. The van der Waals surface area contributed by atoms with E-state index in [2.05, 4.69) is 4.98 Å². The van der Waals surface area contributed by atoms with Gasteiger partial charge >= 0.3 is 0 Å². The molecule has 0 aliphatic heterocycles. The van der Waals surface area contributed by atoms with Crippen molar-refractivity contribution in [1.82, 2.24) is 4.98 Å². The monoisotopic (exact) mass is 241 g/mol. The molecule has 0 atom stereocenters. The Balaban J connectivity index is 2.48. The van der Waals surface area contributed by atoms with Crippen molar-refractivity contribution in [2.75, 3.05) is 0 Å². The molecule has 0 unspecified atom stereocenters. The summed E-state index contributed by atoms with van der Waals surface area (Å²) in [6.07, 6.45) is 0.633. The van der Waals surface area contributed by atoms with Gasteiger partial charge in [0.1, 0.15) is 16.1 Å². The topological polar surface area (TPSA) is 43.1 Å². The highest BCUT2D eigenvalue weighted by Gasteiger charge is 2.06. The highest BCUT2D eigenvalue weighted by atomic mass is 35.5. The summed E-state index contributed by atoms with van der Waals surface area (Å²) in [7, 11) is 0. The second-order valence-electron chi connectivity index (χ2n) is 2.82. The SMILES string of the molecule is O=Cc1ccc(-c2cc(Cl)nc(Cl)c2)o1. The van der Waals surface area contributed by atoms with Gasteiger partial charge in [-0.15, -0.1) is 0 Å². The molecule has 0 radical (unpaired) electrons. The maximum atomic E-state index is 10.4. The molecule has 0 saturated carbocycles. The summed E-state index contributed by atoms with van der Waals surface area (Å²) in [4.78, 5) is 14.2. The van der Waals surface area contributed by atoms with Crippen LogP contribution in [0.4, 0.5) is 0 Å². The molecule has 3 nitrogen and oxygen atoms in total. The highest BCUT2D eigenvalue weighted by molar-refractivity contribution is 6.32. The lowest BCUT2D eigenvalue weighted by Gasteiger charge is -1.98. The summed E-state index contributed by atoms with van der Waals surface area (Å²) in [5.41, 5.74) is 0.688. The lowest BCUT2D eigenvalue weighted by atomic mass is 10.2. The minimum Gasteiger partial charge on any atom is -0.453 e. The van der Waals surface area contributed by atoms with E-state index in [1.807, 2.05) is 0 Å². The van der Waals surface area contributed by atoms with Crippen molar-refractivity contribution in [2.45, 2.75) is 0 Å². The van der Waals surface area contributed by atoms with E-state index in [1.165, 1.54) is 0 Å². The van der Waals surface area contributed by atoms with E-state index in [-0.39, 0.29) is 16.1 Å². The third kappa shape index (κ3) is 2.19. The zero-order chi connectivity index (χ0) is 10.8. The van der Waals surface area contributed by atoms with E-state index in [0.717, 1.165) is 0 Å². The van der Waals surface area contributed by atoms with E-state index in [9.17, 15) is 4.79 Å². The summed E-state index contributed by atoms with van der Waals surface area (Å²) in [6, 6.07) is 6.47. The second kappa shape index (κ2) is 4.04. The Bertz CT molecular complexity index is 488. The van der Waals surface area contributed by atoms with Gasteiger partial charge in [-0.25, -0.2) is 4.98 Å². The number of pyridine rings is 1. The summed E-state index contributed by atoms with van der Waals surface area (Å²) in [6.45, 7) is 0. The molecule has 5 heteroatoms. The first-order valence-corrected chi connectivity index (χ1v) is 4.83. The van der Waals surface area contributed by atoms with Gasteiger partial charge in [0.25, 0.3) is 0 Å². The minimum absolute atomic E-state index is 0.258. The second-order valence-corrected chi connectivity index (χ2v) is 3.60. The third-order valence-corrected chi connectivity index (χ3v) is 2.18. The molecule has 0 spiro atoms. The summed E-state index contributed by atoms with van der Waals surface area (Å²) in [5, 5.41) is 0.558. The zero-order valence-electron chi connectivity index (χ0n) is 7.41. The normalized spacial score (nSPS) is 10.3. The predicted octanol–water partition coefficient (Wildman–Crippen LogP) is 3.46. The van der Waals surface area contributed by atoms with Crippen LogP contribution in [-0.4, -0.2) is 11.3 Å². The molecule has 0 aliphatic carbocycles. The zero-order valence-corrected chi connectivity index (χ0v) is 8.92. The number of hydrogen-bond donors (Lipinski definition) is 0. The van der Waals surface area contributed by atoms with Crippen LogP contribution in [0.5, 0.6) is 0 Å². The van der Waals surface area contributed by atoms with Gasteiger partial charge in [-0.1, -0.05) is 23.2 Å². The molecule has 0 fully saturated rings. The number of carbonyl (C=O) groups excluding carboxylic acids is 1. The molecule has 0 bridgehead atoms. The molecule has 76 valence electrons. The van der Waals surface area contributed by atoms with Crippen LogP contribution in [0.2, 0.25) is 10.3 Å². The maximum absolute atomic E-state index is 10.4. The van der Waals surface area contributed by atoms with Crippen LogP contribution >= 0.6 is 23.2 Å². The van der Waals surface area contributed by atoms with E-state index in [4.69, 9.17) is 27.6 Å². The molecule has 2 heterocycles. The molecule has 2 rings (SSSR count). The van der Waals surface area contributed by atoms with Crippen molar-refractivity contribution < 1.29 is 9.21 Å². The van der Waals surface area contributed by atoms with Crippen LogP contribution < -0.4 is 0 Å². The van der Waals surface area contributed by atoms with Crippen molar-refractivity contribution in [1.29, 1.82) is 0 Å². The van der Waals surface area contributed by atoms with Crippen LogP contribution in [-0.2, 0) is 0 Å². The molecular weight excluding hydrogens is 237 g/mol. The van der Waals surface area contributed by atoms with Crippen LogP contribution in [0.1, 0.15) is 10.6 Å². The lowest BCUT2D eigenvalue weighted by Crippen LogP contribution is -1.80. The molecule has 2 aromatic rings. The molecule has 2 aromatic heterocycles. The Morgan fingerprint density at radius 2 is 1.87 bits per heavy atom. The smallest absolute Gasteiger partial charge is 0.185 e. The van der Waals surface area contributed by atoms with Crippen LogP contribution in [0, 0.1) is 0 Å². The number of nitrogens with zero attached hydrogens (tertiary/aromatic N) is 1. The molecule has 0 N–H and O–H groups in total. The fourth-order valence-electron chi connectivity index (χ4n) is 1.18. The van der Waals surface area contributed by atoms with Gasteiger partial charge in [0.05, 0.1) is 0 Å². The van der Waals surface area contributed by atoms with Crippen molar-refractivity contribution >= 4 is 29.5 Å². The van der Waals surface area contributed by atoms with Gasteiger partial charge in [0.2, 0.25) is 0 Å². The first kappa shape index (κ1) is 10.2. The van der Waals surface area contributed by atoms with Crippen molar-refractivity contribution in [2.24, 2.45) is 0 Å². The Kier molecular flexibility index (Phi) is 2.75. The van der Waals surface area contributed by atoms with Gasteiger partial charge in [-0.2, -0.15) is 0 Å². The standard InChI is InChI=1S/C10H5Cl2NO2/c11-9-3-6(4-10(12)13-9)8-2-1-7(5-14)15-8/h1-5H. The number of furan rings is 1. The van der Waals surface area contributed by atoms with Crippen molar-refractivity contribution in [3.63, 3.8) is 0 Å². The maximum Gasteiger partial charge on any atom is 0.185 e. The van der Waals surface area contributed by atoms with E-state index < -0.39 is 0 Å². The molecule has 0 aromatic carbocycles. The summed E-state index contributed by atoms with van der Waals surface area (Å²) in [5.74, 6) is 0.789. The highest BCUT2D eigenvalue weighted by Crippen LogP contribution is 2.26. The molecular formula is C10H5Cl2NO2. The van der Waals surface area contributed by atoms with Crippen LogP contribution in [0.15, 0.2) is 28.7 Å². The molecule has 15 heavy (non-hydrogen) atoms. The Hall–Kier alpha value is -1.32. The average molecular weight is 242 g/mol. The summed E-state index contributed by atoms with van der Waals surface area (Å²) >= 11 is 11.5. The number of aromatic nitrogens is 1. The van der Waals surface area contributed by atoms with Crippen LogP contribution in [0.3, 0.4) is 0 Å². The first-order valence-electron chi connectivity index (χ1n) is 4.07. The van der Waals surface area contributed by atoms with Gasteiger partial charge in [-0.3, -0.25) is 4.79 Å². The molecule has 0 amide bonds. The number of hydrogen-bond acceptors (Lipinski definition) is 3. The van der Waals surface area contributed by atoms with Gasteiger partial charge < -0.3 is 4.42 Å². The fraction of sp³-hybridized carbons (Fsp3) is 0. The number of aldehydes is 1. The Morgan fingerprint density at radius 3 is 2.40 bits per heavy atom. The van der Waals surface area contributed by atoms with Crippen molar-refractivity contribution in [3.8, 4) is 11.3 Å². The molecule has 0 aliphatic rings. The number of halogens is 2. The Morgan fingerprint density at radius 1 is 1.20 bits per heavy atom. The minimum atomic E-state index is 0.258. The number of carbonyl (C=O) groups is 1. The predicted molar refractivity (Wildman–Crippen MR) is 57.3 cm³/mol. The van der Waals surface area contributed by atoms with Gasteiger partial charge in [0, 0.05) is 5.56 Å². The molecule has 0 saturated heterocycles. The van der Waals surface area contributed by atoms with Gasteiger partial charge in [0.15, 0.2) is 12.0 Å². The van der Waals surface area contributed by atoms with E-state index in [0.29, 0.717) is 17.6 Å². The fourth-order valence-corrected chi connectivity index (χ4v) is 1.64. The lowest BCUT2D eigenvalue weighted by molar-refractivity contribution is 0.110. The van der Waals surface area contributed by atoms with E-state index in [1.54, 1.807) is 24.3 Å². The largest absolute Gasteiger partial charge is 0.453 e. The third-order valence-electron chi connectivity index (χ3n) is 1.79.